The minimum Gasteiger partial charge on any atom is -0.416 e. The molecule has 0 saturated heterocycles. The fourth-order valence-electron chi connectivity index (χ4n) is 2.27. The summed E-state index contributed by atoms with van der Waals surface area (Å²) in [5.74, 6) is -0.328. The van der Waals surface area contributed by atoms with Crippen LogP contribution in [0.3, 0.4) is 0 Å². The number of hydrogen-bond acceptors (Lipinski definition) is 1. The first-order valence-corrected chi connectivity index (χ1v) is 11.3. The van der Waals surface area contributed by atoms with E-state index in [4.69, 9.17) is 16.0 Å². The van der Waals surface area contributed by atoms with Gasteiger partial charge in [0.25, 0.3) is 0 Å². The van der Waals surface area contributed by atoms with Gasteiger partial charge in [-0.05, 0) is 51.8 Å². The third-order valence-corrected chi connectivity index (χ3v) is 10.7. The molecule has 1 nitrogen and oxygen atoms in total. The zero-order valence-electron chi connectivity index (χ0n) is 13.2. The normalized spacial score (nSPS) is 29.5. The monoisotopic (exact) mass is 392 g/mol. The van der Waals surface area contributed by atoms with E-state index in [2.05, 4.69) is 49.8 Å². The molecule has 1 aliphatic carbocycles. The van der Waals surface area contributed by atoms with Gasteiger partial charge in [-0.3, -0.25) is 0 Å². The van der Waals surface area contributed by atoms with Gasteiger partial charge in [-0.25, -0.2) is 4.39 Å². The van der Waals surface area contributed by atoms with Crippen molar-refractivity contribution in [1.82, 2.24) is 0 Å². The lowest BCUT2D eigenvalue weighted by Gasteiger charge is -2.36. The van der Waals surface area contributed by atoms with Crippen LogP contribution in [0.2, 0.25) is 23.2 Å². The van der Waals surface area contributed by atoms with E-state index in [9.17, 15) is 4.39 Å². The molecule has 118 valence electrons. The van der Waals surface area contributed by atoms with Crippen LogP contribution in [0.25, 0.3) is 0 Å². The Labute approximate surface area is 141 Å². The third-order valence-electron chi connectivity index (χ3n) is 4.84. The topological polar surface area (TPSA) is 9.23 Å². The minimum atomic E-state index is -1.85. The average Bonchev–Trinajstić information content (AvgIpc) is 2.87. The standard InChI is InChI=1S/C16H23BrClFOSi/c1-15(2,3)21(4,5)20-10-13-14(16(13,17)19)11-7-6-8-12(18)9-11/h6-9,13-14H,10H2,1-5H3/t13-,14-,16?/m1/s1. The van der Waals surface area contributed by atoms with Gasteiger partial charge in [0.15, 0.2) is 12.9 Å². The highest BCUT2D eigenvalue weighted by Gasteiger charge is 2.65. The molecule has 1 unspecified atom stereocenters. The molecule has 0 bridgehead atoms. The smallest absolute Gasteiger partial charge is 0.191 e. The third kappa shape index (κ3) is 3.54. The van der Waals surface area contributed by atoms with Crippen LogP contribution in [-0.4, -0.2) is 19.5 Å². The molecular weight excluding hydrogens is 371 g/mol. The summed E-state index contributed by atoms with van der Waals surface area (Å²) in [6, 6.07) is 7.44. The Morgan fingerprint density at radius 2 is 2.00 bits per heavy atom. The van der Waals surface area contributed by atoms with Crippen molar-refractivity contribution in [3.63, 3.8) is 0 Å². The van der Waals surface area contributed by atoms with Gasteiger partial charge in [0.05, 0.1) is 0 Å². The Hall–Kier alpha value is 0.0969. The summed E-state index contributed by atoms with van der Waals surface area (Å²) < 4.78 is 19.4. The molecule has 1 aromatic carbocycles. The van der Waals surface area contributed by atoms with Crippen LogP contribution in [0.4, 0.5) is 4.39 Å². The van der Waals surface area contributed by atoms with Crippen molar-refractivity contribution in [3.8, 4) is 0 Å². The van der Waals surface area contributed by atoms with E-state index >= 15 is 0 Å². The van der Waals surface area contributed by atoms with Crippen molar-refractivity contribution in [3.05, 3.63) is 34.9 Å². The molecule has 0 radical (unpaired) electrons. The molecule has 0 amide bonds. The highest BCUT2D eigenvalue weighted by Crippen LogP contribution is 2.64. The minimum absolute atomic E-state index is 0.138. The van der Waals surface area contributed by atoms with Crippen LogP contribution >= 0.6 is 27.5 Å². The maximum atomic E-state index is 14.6. The van der Waals surface area contributed by atoms with Gasteiger partial charge in [-0.2, -0.15) is 0 Å². The maximum absolute atomic E-state index is 14.6. The quantitative estimate of drug-likeness (QED) is 0.441. The number of hydrogen-bond donors (Lipinski definition) is 0. The van der Waals surface area contributed by atoms with Gasteiger partial charge in [-0.1, -0.05) is 44.5 Å². The summed E-state index contributed by atoms with van der Waals surface area (Å²) in [5, 5.41) is 0.783. The van der Waals surface area contributed by atoms with Gasteiger partial charge in [0.2, 0.25) is 0 Å². The van der Waals surface area contributed by atoms with E-state index in [1.807, 2.05) is 24.3 Å². The summed E-state index contributed by atoms with van der Waals surface area (Å²) in [6.45, 7) is 11.4. The van der Waals surface area contributed by atoms with E-state index in [0.29, 0.717) is 11.6 Å². The lowest BCUT2D eigenvalue weighted by molar-refractivity contribution is 0.250. The van der Waals surface area contributed by atoms with E-state index in [1.165, 1.54) is 0 Å². The second-order valence-electron chi connectivity index (χ2n) is 7.39. The van der Waals surface area contributed by atoms with Crippen LogP contribution in [0.1, 0.15) is 32.3 Å². The van der Waals surface area contributed by atoms with Crippen LogP contribution in [-0.2, 0) is 4.43 Å². The van der Waals surface area contributed by atoms with Crippen LogP contribution < -0.4 is 0 Å². The van der Waals surface area contributed by atoms with Crippen molar-refractivity contribution in [2.75, 3.05) is 6.61 Å². The van der Waals surface area contributed by atoms with Gasteiger partial charge in [0, 0.05) is 23.5 Å². The van der Waals surface area contributed by atoms with Crippen molar-refractivity contribution >= 4 is 35.8 Å². The zero-order chi connectivity index (χ0) is 16.1. The molecule has 0 heterocycles. The molecule has 1 saturated carbocycles. The first-order chi connectivity index (χ1) is 9.47. The first-order valence-electron chi connectivity index (χ1n) is 7.24. The molecule has 5 heteroatoms. The molecular formula is C16H23BrClFOSi. The van der Waals surface area contributed by atoms with E-state index in [1.54, 1.807) is 0 Å². The zero-order valence-corrected chi connectivity index (χ0v) is 16.6. The first kappa shape index (κ1) is 17.5. The molecule has 1 aliphatic rings. The average molecular weight is 394 g/mol. The highest BCUT2D eigenvalue weighted by molar-refractivity contribution is 9.10. The second kappa shape index (κ2) is 5.62. The van der Waals surface area contributed by atoms with Crippen molar-refractivity contribution in [1.29, 1.82) is 0 Å². The van der Waals surface area contributed by atoms with Crippen LogP contribution in [0, 0.1) is 5.92 Å². The van der Waals surface area contributed by atoms with Crippen molar-refractivity contribution in [2.45, 2.75) is 49.4 Å². The Morgan fingerprint density at radius 3 is 2.52 bits per heavy atom. The molecule has 0 aliphatic heterocycles. The lowest BCUT2D eigenvalue weighted by atomic mass is 10.1. The van der Waals surface area contributed by atoms with Gasteiger partial charge in [-0.15, -0.1) is 0 Å². The summed E-state index contributed by atoms with van der Waals surface area (Å²) >= 11 is 9.23. The van der Waals surface area contributed by atoms with Gasteiger partial charge >= 0.3 is 0 Å². The van der Waals surface area contributed by atoms with Crippen molar-refractivity contribution < 1.29 is 8.82 Å². The lowest BCUT2D eigenvalue weighted by Crippen LogP contribution is -2.41. The molecule has 0 aromatic heterocycles. The predicted molar refractivity (Wildman–Crippen MR) is 93.6 cm³/mol. The van der Waals surface area contributed by atoms with E-state index in [-0.39, 0.29) is 16.9 Å². The highest BCUT2D eigenvalue weighted by atomic mass is 79.9. The maximum Gasteiger partial charge on any atom is 0.191 e. The van der Waals surface area contributed by atoms with Gasteiger partial charge in [0.1, 0.15) is 0 Å². The summed E-state index contributed by atoms with van der Waals surface area (Å²) in [4.78, 5) is 0. The molecule has 1 aromatic rings. The van der Waals surface area contributed by atoms with E-state index < -0.39 is 12.9 Å². The second-order valence-corrected chi connectivity index (χ2v) is 13.8. The Balaban J connectivity index is 2.06. The Bertz CT molecular complexity index is 527. The predicted octanol–water partition coefficient (Wildman–Crippen LogP) is 6.14. The number of halogens is 3. The summed E-state index contributed by atoms with van der Waals surface area (Å²) in [5.41, 5.74) is 0.936. The molecule has 0 spiro atoms. The van der Waals surface area contributed by atoms with Crippen LogP contribution in [0.5, 0.6) is 0 Å². The fraction of sp³-hybridized carbons (Fsp3) is 0.625. The summed E-state index contributed by atoms with van der Waals surface area (Å²) in [6.07, 6.45) is 0. The molecule has 0 N–H and O–H groups in total. The molecule has 2 rings (SSSR count). The molecule has 21 heavy (non-hydrogen) atoms. The molecule has 3 atom stereocenters. The van der Waals surface area contributed by atoms with Gasteiger partial charge < -0.3 is 4.43 Å². The number of alkyl halides is 2. The number of benzene rings is 1. The largest absolute Gasteiger partial charge is 0.416 e. The van der Waals surface area contributed by atoms with Crippen LogP contribution in [0.15, 0.2) is 24.3 Å². The number of rotatable bonds is 4. The Morgan fingerprint density at radius 1 is 1.38 bits per heavy atom. The van der Waals surface area contributed by atoms with Crippen molar-refractivity contribution in [2.24, 2.45) is 5.92 Å². The Kier molecular flexibility index (Phi) is 4.67. The SMILES string of the molecule is CC(C)(C)[Si](C)(C)OC[C@@H]1[C@@H](c2cccc(Cl)c2)C1(F)Br. The fourth-order valence-corrected chi connectivity index (χ4v) is 4.34. The van der Waals surface area contributed by atoms with E-state index in [0.717, 1.165) is 5.56 Å². The molecule has 1 fully saturated rings. The summed E-state index contributed by atoms with van der Waals surface area (Å²) in [7, 11) is -1.85.